The van der Waals surface area contributed by atoms with Gasteiger partial charge in [0.25, 0.3) is 15.9 Å². The van der Waals surface area contributed by atoms with E-state index in [-0.39, 0.29) is 10.7 Å². The Labute approximate surface area is 274 Å². The maximum absolute atomic E-state index is 15.3. The van der Waals surface area contributed by atoms with Crippen LogP contribution in [-0.2, 0) is 31.6 Å². The van der Waals surface area contributed by atoms with Gasteiger partial charge < -0.3 is 14.4 Å². The van der Waals surface area contributed by atoms with Crippen LogP contribution in [0.5, 0.6) is 5.75 Å². The molecule has 13 heteroatoms. The predicted octanol–water partition coefficient (Wildman–Crippen LogP) is 4.75. The summed E-state index contributed by atoms with van der Waals surface area (Å²) >= 11 is 6.61. The average molecular weight is 668 g/mol. The number of ether oxygens (including phenoxy) is 2. The molecule has 4 heterocycles. The number of fused-ring (bicyclic) bond motifs is 1. The number of carbonyl (C=O) groups is 2. The third-order valence-electron chi connectivity index (χ3n) is 8.94. The molecular weight excluding hydrogens is 630 g/mol. The van der Waals surface area contributed by atoms with E-state index >= 15 is 4.79 Å². The molecule has 0 bridgehead atoms. The van der Waals surface area contributed by atoms with Crippen LogP contribution >= 0.6 is 11.6 Å². The number of methoxy groups -OCH3 is 1. The van der Waals surface area contributed by atoms with Crippen LogP contribution in [0.3, 0.4) is 0 Å². The molecule has 1 aromatic heterocycles. The van der Waals surface area contributed by atoms with Crippen molar-refractivity contribution in [2.24, 2.45) is 0 Å². The molecule has 1 unspecified atom stereocenters. The lowest BCUT2D eigenvalue weighted by molar-refractivity contribution is -0.132. The number of aryl methyl sites for hydroxylation is 1. The lowest BCUT2D eigenvalue weighted by Crippen LogP contribution is -2.57. The van der Waals surface area contributed by atoms with E-state index in [4.69, 9.17) is 21.1 Å². The van der Waals surface area contributed by atoms with Gasteiger partial charge in [-0.3, -0.25) is 9.69 Å². The normalized spacial score (nSPS) is 21.9. The number of nitrogens with zero attached hydrogens (tertiary/aromatic N) is 5. The summed E-state index contributed by atoms with van der Waals surface area (Å²) in [4.78, 5) is 37.8. The first kappa shape index (κ1) is 32.2. The largest absolute Gasteiger partial charge is 0.496 e. The van der Waals surface area contributed by atoms with Crippen molar-refractivity contribution in [2.75, 3.05) is 45.1 Å². The molecule has 0 N–H and O–H groups in total. The number of benzene rings is 2. The van der Waals surface area contributed by atoms with Crippen LogP contribution in [0.15, 0.2) is 59.8 Å². The maximum Gasteiger partial charge on any atom is 0.410 e. The number of sulfonamides is 1. The number of hydrogen-bond acceptors (Lipinski definition) is 9. The number of anilines is 1. The van der Waals surface area contributed by atoms with Crippen LogP contribution in [0, 0.1) is 6.92 Å². The minimum atomic E-state index is -4.50. The van der Waals surface area contributed by atoms with Crippen molar-refractivity contribution in [2.45, 2.75) is 55.9 Å². The van der Waals surface area contributed by atoms with E-state index in [1.54, 1.807) is 44.1 Å². The molecule has 2 saturated heterocycles. The summed E-state index contributed by atoms with van der Waals surface area (Å²) in [5.41, 5.74) is 0.914. The van der Waals surface area contributed by atoms with Crippen LogP contribution in [0.4, 0.5) is 10.5 Å². The van der Waals surface area contributed by atoms with Gasteiger partial charge in [-0.05, 0) is 87.2 Å². The third kappa shape index (κ3) is 5.40. The summed E-state index contributed by atoms with van der Waals surface area (Å²) in [5, 5.41) is 0.0439. The predicted molar refractivity (Wildman–Crippen MR) is 173 cm³/mol. The Morgan fingerprint density at radius 1 is 1.04 bits per heavy atom. The van der Waals surface area contributed by atoms with Crippen molar-refractivity contribution in [1.82, 2.24) is 19.7 Å². The molecule has 6 rings (SSSR count). The first-order valence-corrected chi connectivity index (χ1v) is 17.2. The second kappa shape index (κ2) is 12.5. The molecule has 0 aliphatic carbocycles. The van der Waals surface area contributed by atoms with Crippen molar-refractivity contribution in [3.8, 4) is 5.75 Å². The smallest absolute Gasteiger partial charge is 0.410 e. The highest BCUT2D eigenvalue weighted by atomic mass is 35.5. The number of halogens is 1. The van der Waals surface area contributed by atoms with Crippen molar-refractivity contribution in [1.29, 1.82) is 0 Å². The van der Waals surface area contributed by atoms with E-state index in [2.05, 4.69) is 9.88 Å². The van der Waals surface area contributed by atoms with E-state index in [0.29, 0.717) is 47.8 Å². The molecule has 2 amide bonds. The van der Waals surface area contributed by atoms with E-state index in [0.717, 1.165) is 41.4 Å². The van der Waals surface area contributed by atoms with Gasteiger partial charge in [0.2, 0.25) is 0 Å². The highest BCUT2D eigenvalue weighted by molar-refractivity contribution is 7.93. The molecule has 0 radical (unpaired) electrons. The molecule has 3 aliphatic heterocycles. The Morgan fingerprint density at radius 3 is 2.48 bits per heavy atom. The van der Waals surface area contributed by atoms with Gasteiger partial charge in [-0.1, -0.05) is 29.8 Å². The Bertz CT molecular complexity index is 1760. The number of carbonyl (C=O) groups excluding carboxylic acids is 2. The number of pyridine rings is 1. The summed E-state index contributed by atoms with van der Waals surface area (Å²) < 4.78 is 41.4. The number of aromatic nitrogens is 1. The van der Waals surface area contributed by atoms with E-state index in [9.17, 15) is 13.2 Å². The van der Waals surface area contributed by atoms with Gasteiger partial charge in [-0.25, -0.2) is 14.7 Å². The van der Waals surface area contributed by atoms with Crippen LogP contribution in [0.25, 0.3) is 0 Å². The highest BCUT2D eigenvalue weighted by Crippen LogP contribution is 2.55. The summed E-state index contributed by atoms with van der Waals surface area (Å²) in [5.74, 6) is -0.348. The zero-order chi connectivity index (χ0) is 32.8. The molecular formula is C33H38ClN5O6S. The van der Waals surface area contributed by atoms with Gasteiger partial charge in [-0.15, -0.1) is 0 Å². The van der Waals surface area contributed by atoms with Crippen LogP contribution < -0.4 is 9.04 Å². The minimum Gasteiger partial charge on any atom is -0.496 e. The molecule has 2 aromatic carbocycles. The standard InChI is InChI=1S/C33H38ClN5O6S/c1-22-9-14-29(35-20-22)46(42,43)39-27-13-11-24(34)19-26(27)33(31(39)40,38-17-7-8-30(38)45-32(41)36(2)3)25-12-10-23(18-28(25)44-4)21-37-15-5-6-16-37/h9-14,18-20,30H,5-8,15-17,21H2,1-4H3/t30-,33?/m0/s1. The fraction of sp³-hybridized carbons (Fsp3) is 0.424. The average Bonchev–Trinajstić information content (AvgIpc) is 3.76. The quantitative estimate of drug-likeness (QED) is 0.336. The third-order valence-corrected chi connectivity index (χ3v) is 10.8. The molecule has 2 fully saturated rings. The SMILES string of the molecule is COc1cc(CN2CCCC2)ccc1C1(N2CCC[C@@H]2OC(=O)N(C)C)C(=O)N(S(=O)(=O)c2ccc(C)cn2)c2ccc(Cl)cc21. The van der Waals surface area contributed by atoms with Gasteiger partial charge in [0.1, 0.15) is 5.75 Å². The van der Waals surface area contributed by atoms with Gasteiger partial charge in [0.15, 0.2) is 16.8 Å². The summed E-state index contributed by atoms with van der Waals surface area (Å²) in [7, 11) is 0.196. The topological polar surface area (TPSA) is 113 Å². The fourth-order valence-electron chi connectivity index (χ4n) is 6.77. The summed E-state index contributed by atoms with van der Waals surface area (Å²) in [6.07, 6.45) is 3.34. The molecule has 46 heavy (non-hydrogen) atoms. The Morgan fingerprint density at radius 2 is 1.80 bits per heavy atom. The van der Waals surface area contributed by atoms with Gasteiger partial charge in [0.05, 0.1) is 12.8 Å². The summed E-state index contributed by atoms with van der Waals surface area (Å²) in [6, 6.07) is 13.4. The lowest BCUT2D eigenvalue weighted by atomic mass is 9.81. The van der Waals surface area contributed by atoms with E-state index in [1.165, 1.54) is 30.3 Å². The molecule has 2 atom stereocenters. The van der Waals surface area contributed by atoms with Crippen molar-refractivity contribution in [3.05, 3.63) is 82.0 Å². The second-order valence-electron chi connectivity index (χ2n) is 12.2. The van der Waals surface area contributed by atoms with Crippen LogP contribution in [0.1, 0.15) is 47.9 Å². The zero-order valence-corrected chi connectivity index (χ0v) is 28.0. The molecule has 0 spiro atoms. The van der Waals surface area contributed by atoms with Crippen molar-refractivity contribution in [3.63, 3.8) is 0 Å². The van der Waals surface area contributed by atoms with Crippen LogP contribution in [0.2, 0.25) is 5.02 Å². The zero-order valence-electron chi connectivity index (χ0n) is 26.4. The van der Waals surface area contributed by atoms with Gasteiger partial charge >= 0.3 is 6.09 Å². The maximum atomic E-state index is 15.3. The Balaban J connectivity index is 1.59. The van der Waals surface area contributed by atoms with Gasteiger partial charge in [-0.2, -0.15) is 12.7 Å². The monoisotopic (exact) mass is 667 g/mol. The highest BCUT2D eigenvalue weighted by Gasteiger charge is 2.63. The van der Waals surface area contributed by atoms with Gasteiger partial charge in [0, 0.05) is 49.5 Å². The van der Waals surface area contributed by atoms with E-state index in [1.807, 2.05) is 18.2 Å². The first-order chi connectivity index (χ1) is 22.0. The summed E-state index contributed by atoms with van der Waals surface area (Å²) in [6.45, 7) is 4.86. The Kier molecular flexibility index (Phi) is 8.75. The van der Waals surface area contributed by atoms with Crippen LogP contribution in [-0.4, -0.2) is 87.2 Å². The number of rotatable bonds is 8. The molecule has 11 nitrogen and oxygen atoms in total. The number of likely N-dealkylation sites (tertiary alicyclic amines) is 2. The molecule has 3 aliphatic rings. The van der Waals surface area contributed by atoms with E-state index < -0.39 is 33.8 Å². The Hall–Kier alpha value is -3.71. The van der Waals surface area contributed by atoms with Crippen molar-refractivity contribution < 1.29 is 27.5 Å². The molecule has 0 saturated carbocycles. The second-order valence-corrected chi connectivity index (χ2v) is 14.4. The number of amides is 2. The fourth-order valence-corrected chi connectivity index (χ4v) is 8.33. The van der Waals surface area contributed by atoms with Crippen molar-refractivity contribution >= 4 is 39.3 Å². The molecule has 244 valence electrons. The molecule has 3 aromatic rings. The lowest BCUT2D eigenvalue weighted by Gasteiger charge is -2.41. The first-order valence-electron chi connectivity index (χ1n) is 15.4. The number of hydrogen-bond donors (Lipinski definition) is 0. The minimum absolute atomic E-state index is 0.143.